The lowest BCUT2D eigenvalue weighted by Gasteiger charge is -2.39. The van der Waals surface area contributed by atoms with Crippen LogP contribution in [-0.2, 0) is 11.2 Å². The second kappa shape index (κ2) is 9.48. The monoisotopic (exact) mass is 397 g/mol. The van der Waals surface area contributed by atoms with Gasteiger partial charge in [-0.1, -0.05) is 43.8 Å². The first-order chi connectivity index (χ1) is 13.5. The molecule has 150 valence electrons. The third-order valence-corrected chi connectivity index (χ3v) is 6.25. The van der Waals surface area contributed by atoms with Crippen LogP contribution in [0.3, 0.4) is 0 Å². The average Bonchev–Trinajstić information content (AvgIpc) is 2.70. The van der Waals surface area contributed by atoms with Crippen LogP contribution in [0.15, 0.2) is 52.3 Å². The predicted octanol–water partition coefficient (Wildman–Crippen LogP) is 4.70. The molecule has 1 aliphatic rings. The molecule has 4 nitrogen and oxygen atoms in total. The maximum Gasteiger partial charge on any atom is 0.224 e. The predicted molar refractivity (Wildman–Crippen MR) is 119 cm³/mol. The molecule has 1 atom stereocenters. The largest absolute Gasteiger partial charge is 0.356 e. The number of amides is 1. The van der Waals surface area contributed by atoms with Crippen molar-refractivity contribution in [1.29, 1.82) is 0 Å². The van der Waals surface area contributed by atoms with E-state index in [-0.39, 0.29) is 5.91 Å². The van der Waals surface area contributed by atoms with Gasteiger partial charge in [0.2, 0.25) is 5.91 Å². The van der Waals surface area contributed by atoms with E-state index in [2.05, 4.69) is 85.4 Å². The van der Waals surface area contributed by atoms with Gasteiger partial charge in [0, 0.05) is 28.9 Å². The number of para-hydroxylation sites is 1. The van der Waals surface area contributed by atoms with Gasteiger partial charge in [-0.05, 0) is 56.8 Å². The van der Waals surface area contributed by atoms with E-state index in [0.29, 0.717) is 12.5 Å². The summed E-state index contributed by atoms with van der Waals surface area (Å²) in [6, 6.07) is 15.4. The van der Waals surface area contributed by atoms with Gasteiger partial charge >= 0.3 is 0 Å². The molecule has 0 aromatic heterocycles. The fourth-order valence-electron chi connectivity index (χ4n) is 3.59. The average molecular weight is 398 g/mol. The summed E-state index contributed by atoms with van der Waals surface area (Å²) < 4.78 is 0. The Kier molecular flexibility index (Phi) is 7.03. The maximum absolute atomic E-state index is 12.2. The number of nitrogens with one attached hydrogen (secondary N) is 1. The Bertz CT molecular complexity index is 823. The summed E-state index contributed by atoms with van der Waals surface area (Å²) in [5.41, 5.74) is 3.53. The normalized spacial score (nSPS) is 13.8. The molecule has 1 heterocycles. The van der Waals surface area contributed by atoms with Gasteiger partial charge in [0.25, 0.3) is 0 Å². The topological polar surface area (TPSA) is 35.6 Å². The zero-order valence-electron chi connectivity index (χ0n) is 17.4. The van der Waals surface area contributed by atoms with E-state index in [9.17, 15) is 4.79 Å². The molecule has 5 heteroatoms. The van der Waals surface area contributed by atoms with Gasteiger partial charge in [-0.2, -0.15) is 0 Å². The lowest BCUT2D eigenvalue weighted by Crippen LogP contribution is -2.39. The Balaban J connectivity index is 1.93. The summed E-state index contributed by atoms with van der Waals surface area (Å²) in [4.78, 5) is 19.5. The number of carbonyl (C=O) groups is 1. The summed E-state index contributed by atoms with van der Waals surface area (Å²) in [6.45, 7) is 9.28. The van der Waals surface area contributed by atoms with Gasteiger partial charge in [-0.3, -0.25) is 4.79 Å². The summed E-state index contributed by atoms with van der Waals surface area (Å²) >= 11 is 1.81. The van der Waals surface area contributed by atoms with Crippen molar-refractivity contribution in [3.05, 3.63) is 48.0 Å². The third kappa shape index (κ3) is 4.70. The first kappa shape index (κ1) is 20.7. The molecule has 1 aliphatic heterocycles. The molecule has 0 aliphatic carbocycles. The van der Waals surface area contributed by atoms with Crippen LogP contribution in [0, 0.1) is 0 Å². The van der Waals surface area contributed by atoms with Crippen molar-refractivity contribution in [2.75, 3.05) is 31.6 Å². The molecular weight excluding hydrogens is 366 g/mol. The molecule has 2 aromatic rings. The number of nitrogens with zero attached hydrogens (tertiary/aromatic N) is 2. The van der Waals surface area contributed by atoms with Crippen molar-refractivity contribution in [3.63, 3.8) is 0 Å². The van der Waals surface area contributed by atoms with Crippen LogP contribution in [0.4, 0.5) is 11.4 Å². The zero-order chi connectivity index (χ0) is 20.1. The van der Waals surface area contributed by atoms with E-state index in [0.717, 1.165) is 31.6 Å². The first-order valence-corrected chi connectivity index (χ1v) is 11.0. The van der Waals surface area contributed by atoms with Crippen molar-refractivity contribution in [1.82, 2.24) is 10.2 Å². The quantitative estimate of drug-likeness (QED) is 0.700. The molecule has 1 amide bonds. The maximum atomic E-state index is 12.2. The lowest BCUT2D eigenvalue weighted by molar-refractivity contribution is -0.120. The van der Waals surface area contributed by atoms with Gasteiger partial charge in [0.15, 0.2) is 0 Å². The van der Waals surface area contributed by atoms with Crippen molar-refractivity contribution in [2.24, 2.45) is 0 Å². The van der Waals surface area contributed by atoms with Gasteiger partial charge in [-0.15, -0.1) is 0 Å². The minimum absolute atomic E-state index is 0.0935. The van der Waals surface area contributed by atoms with Gasteiger partial charge in [-0.25, -0.2) is 0 Å². The highest BCUT2D eigenvalue weighted by atomic mass is 32.2. The number of fused-ring (bicyclic) bond motifs is 2. The van der Waals surface area contributed by atoms with Crippen LogP contribution >= 0.6 is 11.8 Å². The first-order valence-electron chi connectivity index (χ1n) is 10.2. The Labute approximate surface area is 173 Å². The van der Waals surface area contributed by atoms with E-state index in [1.54, 1.807) is 0 Å². The summed E-state index contributed by atoms with van der Waals surface area (Å²) in [6.07, 6.45) is 1.39. The summed E-state index contributed by atoms with van der Waals surface area (Å²) in [5.74, 6) is 0.0935. The van der Waals surface area contributed by atoms with Crippen molar-refractivity contribution in [2.45, 2.75) is 49.4 Å². The van der Waals surface area contributed by atoms with Crippen LogP contribution in [0.5, 0.6) is 0 Å². The van der Waals surface area contributed by atoms with E-state index in [1.807, 2.05) is 11.8 Å². The molecule has 0 bridgehead atoms. The van der Waals surface area contributed by atoms with E-state index < -0.39 is 0 Å². The fraction of sp³-hybridized carbons (Fsp3) is 0.435. The number of benzene rings is 2. The zero-order valence-corrected chi connectivity index (χ0v) is 18.2. The molecule has 1 unspecified atom stereocenters. The molecule has 0 fully saturated rings. The Morgan fingerprint density at radius 3 is 2.64 bits per heavy atom. The van der Waals surface area contributed by atoms with Gasteiger partial charge < -0.3 is 15.1 Å². The van der Waals surface area contributed by atoms with Gasteiger partial charge in [0.05, 0.1) is 17.8 Å². The number of carbonyl (C=O) groups excluding carboxylic acids is 1. The molecule has 0 radical (unpaired) electrons. The standard InChI is InChI=1S/C23H31N3OS/c1-5-13-24-23(27)15-18-11-12-22-20(14-18)26(17(3)16-25(4)6-2)19-9-7-8-10-21(19)28-22/h7-12,14,17H,5-6,13,15-16H2,1-4H3,(H,24,27). The number of anilines is 2. The van der Waals surface area contributed by atoms with Crippen LogP contribution in [0.1, 0.15) is 32.8 Å². The van der Waals surface area contributed by atoms with Crippen molar-refractivity contribution < 1.29 is 4.79 Å². The van der Waals surface area contributed by atoms with Crippen molar-refractivity contribution in [3.8, 4) is 0 Å². The number of hydrogen-bond donors (Lipinski definition) is 1. The van der Waals surface area contributed by atoms with Crippen LogP contribution in [0.2, 0.25) is 0 Å². The minimum Gasteiger partial charge on any atom is -0.356 e. The number of rotatable bonds is 8. The van der Waals surface area contributed by atoms with Gasteiger partial charge in [0.1, 0.15) is 0 Å². The summed E-state index contributed by atoms with van der Waals surface area (Å²) in [5, 5.41) is 2.98. The number of likely N-dealkylation sites (N-methyl/N-ethyl adjacent to an activating group) is 1. The Morgan fingerprint density at radius 2 is 1.89 bits per heavy atom. The van der Waals surface area contributed by atoms with Crippen LogP contribution < -0.4 is 10.2 Å². The second-order valence-corrected chi connectivity index (χ2v) is 8.56. The third-order valence-electron chi connectivity index (χ3n) is 5.12. The highest BCUT2D eigenvalue weighted by Crippen LogP contribution is 2.49. The van der Waals surface area contributed by atoms with E-state index in [1.165, 1.54) is 21.2 Å². The van der Waals surface area contributed by atoms with Crippen LogP contribution in [0.25, 0.3) is 0 Å². The summed E-state index contributed by atoms with van der Waals surface area (Å²) in [7, 11) is 2.16. The van der Waals surface area contributed by atoms with Crippen molar-refractivity contribution >= 4 is 29.0 Å². The Hall–Kier alpha value is -1.98. The molecular formula is C23H31N3OS. The van der Waals surface area contributed by atoms with E-state index >= 15 is 0 Å². The number of hydrogen-bond acceptors (Lipinski definition) is 4. The minimum atomic E-state index is 0.0935. The molecule has 3 rings (SSSR count). The molecule has 1 N–H and O–H groups in total. The molecule has 0 spiro atoms. The SMILES string of the molecule is CCCNC(=O)Cc1ccc2c(c1)N(C(C)CN(C)CC)c1ccccc1S2. The lowest BCUT2D eigenvalue weighted by atomic mass is 10.1. The smallest absolute Gasteiger partial charge is 0.224 e. The highest BCUT2D eigenvalue weighted by Gasteiger charge is 2.27. The molecule has 28 heavy (non-hydrogen) atoms. The molecule has 0 saturated carbocycles. The molecule has 0 saturated heterocycles. The Morgan fingerprint density at radius 1 is 1.14 bits per heavy atom. The van der Waals surface area contributed by atoms with Crippen LogP contribution in [-0.4, -0.2) is 43.5 Å². The highest BCUT2D eigenvalue weighted by molar-refractivity contribution is 7.99. The molecule has 2 aromatic carbocycles. The van der Waals surface area contributed by atoms with E-state index in [4.69, 9.17) is 0 Å². The fourth-order valence-corrected chi connectivity index (χ4v) is 4.64. The second-order valence-electron chi connectivity index (χ2n) is 7.47.